The number of thiophene rings is 1. The molecule has 0 atom stereocenters. The molecule has 0 fully saturated rings. The van der Waals surface area contributed by atoms with Crippen molar-refractivity contribution in [2.45, 2.75) is 13.5 Å². The Balaban J connectivity index is 2.03. The molecule has 0 spiro atoms. The SMILES string of the molecule is CCN(CCO)Cc1nc(-c2cccs2)no1. The quantitative estimate of drug-likeness (QED) is 0.847. The van der Waals surface area contributed by atoms with Gasteiger partial charge in [-0.3, -0.25) is 4.90 Å². The van der Waals surface area contributed by atoms with Crippen molar-refractivity contribution in [3.8, 4) is 10.7 Å². The van der Waals surface area contributed by atoms with Crippen LogP contribution in [0.5, 0.6) is 0 Å². The molecule has 2 rings (SSSR count). The van der Waals surface area contributed by atoms with Gasteiger partial charge in [0.1, 0.15) is 0 Å². The summed E-state index contributed by atoms with van der Waals surface area (Å²) >= 11 is 1.59. The van der Waals surface area contributed by atoms with E-state index in [4.69, 9.17) is 9.63 Å². The van der Waals surface area contributed by atoms with E-state index in [-0.39, 0.29) is 6.61 Å². The number of hydrogen-bond acceptors (Lipinski definition) is 6. The molecule has 0 radical (unpaired) electrons. The molecule has 5 nitrogen and oxygen atoms in total. The Morgan fingerprint density at radius 3 is 3.06 bits per heavy atom. The van der Waals surface area contributed by atoms with E-state index >= 15 is 0 Å². The van der Waals surface area contributed by atoms with Crippen LogP contribution in [-0.4, -0.2) is 39.8 Å². The summed E-state index contributed by atoms with van der Waals surface area (Å²) in [5.41, 5.74) is 0. The molecule has 0 aliphatic heterocycles. The lowest BCUT2D eigenvalue weighted by Gasteiger charge is -2.15. The fourth-order valence-corrected chi connectivity index (χ4v) is 2.16. The average molecular weight is 253 g/mol. The van der Waals surface area contributed by atoms with Gasteiger partial charge in [-0.2, -0.15) is 4.98 Å². The summed E-state index contributed by atoms with van der Waals surface area (Å²) in [6, 6.07) is 3.92. The molecule has 0 aliphatic rings. The van der Waals surface area contributed by atoms with E-state index in [1.165, 1.54) is 0 Å². The number of likely N-dealkylation sites (N-methyl/N-ethyl adjacent to an activating group) is 1. The highest BCUT2D eigenvalue weighted by molar-refractivity contribution is 7.13. The highest BCUT2D eigenvalue weighted by Gasteiger charge is 2.12. The normalized spacial score (nSPS) is 11.2. The van der Waals surface area contributed by atoms with Crippen LogP contribution >= 0.6 is 11.3 Å². The highest BCUT2D eigenvalue weighted by atomic mass is 32.1. The highest BCUT2D eigenvalue weighted by Crippen LogP contribution is 2.21. The summed E-state index contributed by atoms with van der Waals surface area (Å²) in [4.78, 5) is 7.38. The number of nitrogens with zero attached hydrogens (tertiary/aromatic N) is 3. The second-order valence-corrected chi connectivity index (χ2v) is 4.53. The van der Waals surface area contributed by atoms with Gasteiger partial charge >= 0.3 is 0 Å². The Kier molecular flexibility index (Phi) is 4.24. The molecule has 0 unspecified atom stereocenters. The Bertz CT molecular complexity index is 441. The predicted molar refractivity (Wildman–Crippen MR) is 65.6 cm³/mol. The van der Waals surface area contributed by atoms with Crippen LogP contribution in [0.3, 0.4) is 0 Å². The predicted octanol–water partition coefficient (Wildman–Crippen LogP) is 1.61. The summed E-state index contributed by atoms with van der Waals surface area (Å²) in [6.07, 6.45) is 0. The molecule has 2 aromatic rings. The van der Waals surface area contributed by atoms with Gasteiger partial charge in [0.25, 0.3) is 0 Å². The molecule has 17 heavy (non-hydrogen) atoms. The van der Waals surface area contributed by atoms with E-state index in [1.807, 2.05) is 29.3 Å². The minimum absolute atomic E-state index is 0.139. The van der Waals surface area contributed by atoms with Crippen LogP contribution in [0.2, 0.25) is 0 Å². The van der Waals surface area contributed by atoms with Gasteiger partial charge in [0.15, 0.2) is 0 Å². The molecule has 0 aliphatic carbocycles. The first-order valence-electron chi connectivity index (χ1n) is 5.53. The summed E-state index contributed by atoms with van der Waals surface area (Å²) in [5.74, 6) is 1.22. The van der Waals surface area contributed by atoms with Gasteiger partial charge in [0.05, 0.1) is 18.0 Å². The summed E-state index contributed by atoms with van der Waals surface area (Å²) in [7, 11) is 0. The first-order chi connectivity index (χ1) is 8.33. The first-order valence-corrected chi connectivity index (χ1v) is 6.41. The molecule has 2 aromatic heterocycles. The monoisotopic (exact) mass is 253 g/mol. The third-order valence-corrected chi connectivity index (χ3v) is 3.30. The van der Waals surface area contributed by atoms with Crippen molar-refractivity contribution in [1.82, 2.24) is 15.0 Å². The van der Waals surface area contributed by atoms with E-state index < -0.39 is 0 Å². The Labute approximate surface area is 104 Å². The summed E-state index contributed by atoms with van der Waals surface area (Å²) < 4.78 is 5.19. The number of aliphatic hydroxyl groups excluding tert-OH is 1. The van der Waals surface area contributed by atoms with Crippen molar-refractivity contribution >= 4 is 11.3 Å². The second-order valence-electron chi connectivity index (χ2n) is 3.58. The third-order valence-electron chi connectivity index (χ3n) is 2.43. The van der Waals surface area contributed by atoms with Gasteiger partial charge in [-0.1, -0.05) is 18.1 Å². The first kappa shape index (κ1) is 12.2. The fourth-order valence-electron chi connectivity index (χ4n) is 1.51. The van der Waals surface area contributed by atoms with Crippen LogP contribution < -0.4 is 0 Å². The summed E-state index contributed by atoms with van der Waals surface area (Å²) in [5, 5.41) is 14.8. The maximum Gasteiger partial charge on any atom is 0.241 e. The van der Waals surface area contributed by atoms with E-state index in [9.17, 15) is 0 Å². The van der Waals surface area contributed by atoms with E-state index in [0.717, 1.165) is 11.4 Å². The lowest BCUT2D eigenvalue weighted by molar-refractivity contribution is 0.180. The number of rotatable bonds is 6. The van der Waals surface area contributed by atoms with Crippen LogP contribution in [0.25, 0.3) is 10.7 Å². The van der Waals surface area contributed by atoms with Gasteiger partial charge < -0.3 is 9.63 Å². The molecular formula is C11H15N3O2S. The van der Waals surface area contributed by atoms with Gasteiger partial charge in [-0.25, -0.2) is 0 Å². The molecule has 0 saturated heterocycles. The standard InChI is InChI=1S/C11H15N3O2S/c1-2-14(5-6-15)8-10-12-11(13-16-10)9-4-3-7-17-9/h3-4,7,15H,2,5-6,8H2,1H3. The average Bonchev–Trinajstić information content (AvgIpc) is 2.98. The topological polar surface area (TPSA) is 62.4 Å². The smallest absolute Gasteiger partial charge is 0.241 e. The zero-order chi connectivity index (χ0) is 12.1. The zero-order valence-electron chi connectivity index (χ0n) is 9.67. The lowest BCUT2D eigenvalue weighted by Crippen LogP contribution is -2.26. The van der Waals surface area contributed by atoms with Crippen molar-refractivity contribution in [1.29, 1.82) is 0 Å². The number of aromatic nitrogens is 2. The van der Waals surface area contributed by atoms with Crippen molar-refractivity contribution in [2.75, 3.05) is 19.7 Å². The van der Waals surface area contributed by atoms with Crippen molar-refractivity contribution in [2.24, 2.45) is 0 Å². The van der Waals surface area contributed by atoms with Crippen LogP contribution in [0.4, 0.5) is 0 Å². The molecule has 0 saturated carbocycles. The van der Waals surface area contributed by atoms with Gasteiger partial charge in [-0.15, -0.1) is 11.3 Å². The maximum atomic E-state index is 8.89. The van der Waals surface area contributed by atoms with Crippen LogP contribution in [-0.2, 0) is 6.54 Å². The van der Waals surface area contributed by atoms with Gasteiger partial charge in [0, 0.05) is 6.54 Å². The van der Waals surface area contributed by atoms with Crippen molar-refractivity contribution in [3.63, 3.8) is 0 Å². The van der Waals surface area contributed by atoms with E-state index in [1.54, 1.807) is 11.3 Å². The molecule has 0 aromatic carbocycles. The summed E-state index contributed by atoms with van der Waals surface area (Å²) in [6.45, 7) is 4.21. The number of aliphatic hydroxyl groups is 1. The van der Waals surface area contributed by atoms with Crippen LogP contribution in [0.1, 0.15) is 12.8 Å². The van der Waals surface area contributed by atoms with Crippen molar-refractivity contribution < 1.29 is 9.63 Å². The number of hydrogen-bond donors (Lipinski definition) is 1. The largest absolute Gasteiger partial charge is 0.395 e. The molecule has 1 N–H and O–H groups in total. The molecule has 2 heterocycles. The zero-order valence-corrected chi connectivity index (χ0v) is 10.5. The Morgan fingerprint density at radius 1 is 1.53 bits per heavy atom. The van der Waals surface area contributed by atoms with Crippen LogP contribution in [0, 0.1) is 0 Å². The molecular weight excluding hydrogens is 238 g/mol. The van der Waals surface area contributed by atoms with Gasteiger partial charge in [-0.05, 0) is 18.0 Å². The molecule has 0 bridgehead atoms. The lowest BCUT2D eigenvalue weighted by atomic mass is 10.4. The van der Waals surface area contributed by atoms with E-state index in [2.05, 4.69) is 10.1 Å². The Hall–Kier alpha value is -1.24. The third kappa shape index (κ3) is 3.12. The minimum Gasteiger partial charge on any atom is -0.395 e. The molecule has 0 amide bonds. The second kappa shape index (κ2) is 5.90. The molecule has 92 valence electrons. The maximum absolute atomic E-state index is 8.89. The van der Waals surface area contributed by atoms with Crippen LogP contribution in [0.15, 0.2) is 22.0 Å². The van der Waals surface area contributed by atoms with Crippen molar-refractivity contribution in [3.05, 3.63) is 23.4 Å². The minimum atomic E-state index is 0.139. The Morgan fingerprint density at radius 2 is 2.41 bits per heavy atom. The fraction of sp³-hybridized carbons (Fsp3) is 0.455. The molecule has 6 heteroatoms. The van der Waals surface area contributed by atoms with Gasteiger partial charge in [0.2, 0.25) is 11.7 Å². The van der Waals surface area contributed by atoms with E-state index in [0.29, 0.717) is 24.8 Å².